The lowest BCUT2D eigenvalue weighted by Crippen LogP contribution is -2.38. The minimum atomic E-state index is -0.173. The largest absolute Gasteiger partial charge is 0.380 e. The predicted molar refractivity (Wildman–Crippen MR) is 82.6 cm³/mol. The molecule has 110 valence electrons. The van der Waals surface area contributed by atoms with E-state index in [0.717, 1.165) is 38.2 Å². The van der Waals surface area contributed by atoms with Crippen LogP contribution < -0.4 is 5.32 Å². The molecule has 1 saturated heterocycles. The van der Waals surface area contributed by atoms with Crippen molar-refractivity contribution in [3.05, 3.63) is 60.2 Å². The monoisotopic (exact) mass is 285 g/mol. The van der Waals surface area contributed by atoms with E-state index in [2.05, 4.69) is 21.3 Å². The first-order valence-corrected chi connectivity index (χ1v) is 7.44. The number of hydrogen-bond donors (Lipinski definition) is 1. The normalized spacial score (nSPS) is 16.8. The second-order valence-corrected chi connectivity index (χ2v) is 5.50. The van der Waals surface area contributed by atoms with Gasteiger partial charge < -0.3 is 5.32 Å². The van der Waals surface area contributed by atoms with Crippen molar-refractivity contribution in [2.45, 2.75) is 25.4 Å². The smallest absolute Gasteiger partial charge is 0.146 e. The van der Waals surface area contributed by atoms with Gasteiger partial charge in [-0.1, -0.05) is 18.2 Å². The molecule has 1 aliphatic rings. The Morgan fingerprint density at radius 3 is 2.57 bits per heavy atom. The zero-order valence-corrected chi connectivity index (χ0v) is 12.0. The van der Waals surface area contributed by atoms with E-state index in [1.165, 1.54) is 6.07 Å². The molecule has 1 aliphatic heterocycles. The first-order valence-electron chi connectivity index (χ1n) is 7.44. The van der Waals surface area contributed by atoms with Gasteiger partial charge in [-0.2, -0.15) is 0 Å². The van der Waals surface area contributed by atoms with Crippen molar-refractivity contribution in [3.63, 3.8) is 0 Å². The van der Waals surface area contributed by atoms with Crippen molar-refractivity contribution < 1.29 is 4.39 Å². The van der Waals surface area contributed by atoms with Crippen LogP contribution in [0, 0.1) is 5.82 Å². The molecule has 0 aliphatic carbocycles. The lowest BCUT2D eigenvalue weighted by Gasteiger charge is -2.32. The highest BCUT2D eigenvalue weighted by molar-refractivity contribution is 5.45. The van der Waals surface area contributed by atoms with Gasteiger partial charge in [0.25, 0.3) is 0 Å². The molecule has 1 aromatic carbocycles. The second-order valence-electron chi connectivity index (χ2n) is 5.50. The summed E-state index contributed by atoms with van der Waals surface area (Å²) in [4.78, 5) is 6.77. The quantitative estimate of drug-likeness (QED) is 0.934. The summed E-state index contributed by atoms with van der Waals surface area (Å²) in [7, 11) is 0. The molecule has 1 aromatic heterocycles. The third-order valence-corrected chi connectivity index (χ3v) is 3.93. The highest BCUT2D eigenvalue weighted by atomic mass is 19.1. The number of benzene rings is 1. The molecule has 3 nitrogen and oxygen atoms in total. The standard InChI is InChI=1S/C17H20FN3/c18-16-6-1-2-7-17(16)20-14-8-11-21(12-9-14)13-15-5-3-4-10-19-15/h1-7,10,14,20H,8-9,11-13H2. The number of halogens is 1. The molecule has 0 atom stereocenters. The molecule has 0 unspecified atom stereocenters. The molecule has 21 heavy (non-hydrogen) atoms. The summed E-state index contributed by atoms with van der Waals surface area (Å²) >= 11 is 0. The van der Waals surface area contributed by atoms with Crippen LogP contribution in [0.3, 0.4) is 0 Å². The van der Waals surface area contributed by atoms with Gasteiger partial charge in [-0.15, -0.1) is 0 Å². The van der Waals surface area contributed by atoms with Crippen LogP contribution in [0.25, 0.3) is 0 Å². The maximum Gasteiger partial charge on any atom is 0.146 e. The van der Waals surface area contributed by atoms with Gasteiger partial charge in [0.2, 0.25) is 0 Å². The number of nitrogens with one attached hydrogen (secondary N) is 1. The summed E-state index contributed by atoms with van der Waals surface area (Å²) in [6.07, 6.45) is 3.89. The van der Waals surface area contributed by atoms with Crippen molar-refractivity contribution in [1.82, 2.24) is 9.88 Å². The number of likely N-dealkylation sites (tertiary alicyclic amines) is 1. The molecule has 2 heterocycles. The van der Waals surface area contributed by atoms with Gasteiger partial charge in [0.1, 0.15) is 5.82 Å². The van der Waals surface area contributed by atoms with Crippen molar-refractivity contribution in [2.24, 2.45) is 0 Å². The van der Waals surface area contributed by atoms with E-state index < -0.39 is 0 Å². The lowest BCUT2D eigenvalue weighted by atomic mass is 10.0. The number of nitrogens with zero attached hydrogens (tertiary/aromatic N) is 2. The van der Waals surface area contributed by atoms with E-state index in [9.17, 15) is 4.39 Å². The third kappa shape index (κ3) is 3.79. The van der Waals surface area contributed by atoms with E-state index in [-0.39, 0.29) is 5.82 Å². The van der Waals surface area contributed by atoms with Crippen molar-refractivity contribution in [2.75, 3.05) is 18.4 Å². The maximum atomic E-state index is 13.6. The maximum absolute atomic E-state index is 13.6. The van der Waals surface area contributed by atoms with E-state index >= 15 is 0 Å². The SMILES string of the molecule is Fc1ccccc1NC1CCN(Cc2ccccn2)CC1. The van der Waals surface area contributed by atoms with Gasteiger partial charge in [-0.3, -0.25) is 9.88 Å². The molecular weight excluding hydrogens is 265 g/mol. The van der Waals surface area contributed by atoms with Gasteiger partial charge in [-0.25, -0.2) is 4.39 Å². The van der Waals surface area contributed by atoms with E-state index in [1.807, 2.05) is 24.4 Å². The Labute approximate surface area is 124 Å². The molecule has 1 fully saturated rings. The molecule has 0 radical (unpaired) electrons. The summed E-state index contributed by atoms with van der Waals surface area (Å²) in [5, 5.41) is 3.32. The Balaban J connectivity index is 1.50. The van der Waals surface area contributed by atoms with Crippen molar-refractivity contribution in [1.29, 1.82) is 0 Å². The molecule has 1 N–H and O–H groups in total. The molecular formula is C17H20FN3. The fourth-order valence-electron chi connectivity index (χ4n) is 2.75. The second kappa shape index (κ2) is 6.68. The van der Waals surface area contributed by atoms with Crippen LogP contribution in [0.2, 0.25) is 0 Å². The first-order chi connectivity index (χ1) is 10.3. The summed E-state index contributed by atoms with van der Waals surface area (Å²) in [5.74, 6) is -0.173. The van der Waals surface area contributed by atoms with Crippen LogP contribution in [-0.4, -0.2) is 29.0 Å². The zero-order chi connectivity index (χ0) is 14.5. The number of pyridine rings is 1. The molecule has 0 saturated carbocycles. The summed E-state index contributed by atoms with van der Waals surface area (Å²) in [6.45, 7) is 2.93. The van der Waals surface area contributed by atoms with E-state index in [4.69, 9.17) is 0 Å². The summed E-state index contributed by atoms with van der Waals surface area (Å²) in [6, 6.07) is 13.3. The number of para-hydroxylation sites is 1. The fraction of sp³-hybridized carbons (Fsp3) is 0.353. The minimum absolute atomic E-state index is 0.173. The topological polar surface area (TPSA) is 28.2 Å². The van der Waals surface area contributed by atoms with Crippen LogP contribution in [0.4, 0.5) is 10.1 Å². The van der Waals surface area contributed by atoms with Crippen molar-refractivity contribution >= 4 is 5.69 Å². The minimum Gasteiger partial charge on any atom is -0.380 e. The summed E-state index contributed by atoms with van der Waals surface area (Å²) < 4.78 is 13.6. The van der Waals surface area contributed by atoms with Crippen LogP contribution in [-0.2, 0) is 6.54 Å². The summed E-state index contributed by atoms with van der Waals surface area (Å²) in [5.41, 5.74) is 1.72. The van der Waals surface area contributed by atoms with Crippen LogP contribution in [0.5, 0.6) is 0 Å². The average Bonchev–Trinajstić information content (AvgIpc) is 2.52. The number of aromatic nitrogens is 1. The molecule has 0 bridgehead atoms. The Kier molecular flexibility index (Phi) is 4.46. The third-order valence-electron chi connectivity index (χ3n) is 3.93. The lowest BCUT2D eigenvalue weighted by molar-refractivity contribution is 0.209. The number of piperidine rings is 1. The van der Waals surface area contributed by atoms with Crippen molar-refractivity contribution in [3.8, 4) is 0 Å². The highest BCUT2D eigenvalue weighted by Gasteiger charge is 2.20. The Hall–Kier alpha value is -1.94. The zero-order valence-electron chi connectivity index (χ0n) is 12.0. The molecule has 0 amide bonds. The Morgan fingerprint density at radius 2 is 1.86 bits per heavy atom. The Bertz CT molecular complexity index is 565. The molecule has 2 aromatic rings. The Morgan fingerprint density at radius 1 is 1.10 bits per heavy atom. The van der Waals surface area contributed by atoms with Gasteiger partial charge in [-0.05, 0) is 37.1 Å². The first kappa shape index (κ1) is 14.0. The van der Waals surface area contributed by atoms with E-state index in [1.54, 1.807) is 12.1 Å². The fourth-order valence-corrected chi connectivity index (χ4v) is 2.75. The van der Waals surface area contributed by atoms with E-state index in [0.29, 0.717) is 11.7 Å². The van der Waals surface area contributed by atoms with Gasteiger partial charge >= 0.3 is 0 Å². The predicted octanol–water partition coefficient (Wildman–Crippen LogP) is 3.30. The van der Waals surface area contributed by atoms with Crippen LogP contribution in [0.15, 0.2) is 48.7 Å². The average molecular weight is 285 g/mol. The highest BCUT2D eigenvalue weighted by Crippen LogP contribution is 2.19. The van der Waals surface area contributed by atoms with Gasteiger partial charge in [0.05, 0.1) is 11.4 Å². The molecule has 3 rings (SSSR count). The van der Waals surface area contributed by atoms with Gasteiger partial charge in [0, 0.05) is 31.9 Å². The number of rotatable bonds is 4. The number of anilines is 1. The number of hydrogen-bond acceptors (Lipinski definition) is 3. The van der Waals surface area contributed by atoms with Gasteiger partial charge in [0.15, 0.2) is 0 Å². The molecule has 4 heteroatoms. The molecule has 0 spiro atoms. The van der Waals surface area contributed by atoms with Crippen LogP contribution >= 0.6 is 0 Å². The van der Waals surface area contributed by atoms with Crippen LogP contribution in [0.1, 0.15) is 18.5 Å².